The van der Waals surface area contributed by atoms with E-state index in [1.165, 1.54) is 35.2 Å². The zero-order chi connectivity index (χ0) is 28.7. The van der Waals surface area contributed by atoms with Crippen LogP contribution in [0.5, 0.6) is 0 Å². The van der Waals surface area contributed by atoms with Gasteiger partial charge in [0.1, 0.15) is 18.4 Å². The number of amides is 2. The summed E-state index contributed by atoms with van der Waals surface area (Å²) >= 11 is 6.26. The molecule has 0 spiro atoms. The molecule has 0 aliphatic rings. The average molecular weight is 574 g/mol. The monoisotopic (exact) mass is 573 g/mol. The van der Waals surface area contributed by atoms with Crippen molar-refractivity contribution in [2.75, 3.05) is 17.1 Å². The Kier molecular flexibility index (Phi) is 10.1. The van der Waals surface area contributed by atoms with Crippen molar-refractivity contribution in [3.05, 3.63) is 100 Å². The van der Waals surface area contributed by atoms with E-state index >= 15 is 0 Å². The molecule has 0 fully saturated rings. The highest BCUT2D eigenvalue weighted by molar-refractivity contribution is 7.92. The van der Waals surface area contributed by atoms with Crippen molar-refractivity contribution in [3.8, 4) is 0 Å². The van der Waals surface area contributed by atoms with E-state index in [-0.39, 0.29) is 30.6 Å². The molecule has 3 rings (SSSR count). The van der Waals surface area contributed by atoms with Gasteiger partial charge in [-0.15, -0.1) is 0 Å². The average Bonchev–Trinajstić information content (AvgIpc) is 2.87. The predicted molar refractivity (Wildman–Crippen MR) is 153 cm³/mol. The minimum Gasteiger partial charge on any atom is -0.352 e. The molecule has 39 heavy (non-hydrogen) atoms. The van der Waals surface area contributed by atoms with Gasteiger partial charge in [0, 0.05) is 24.0 Å². The zero-order valence-corrected chi connectivity index (χ0v) is 24.0. The zero-order valence-electron chi connectivity index (χ0n) is 22.4. The maximum Gasteiger partial charge on any atom is 0.244 e. The first-order chi connectivity index (χ1) is 18.3. The Morgan fingerprint density at radius 2 is 1.62 bits per heavy atom. The van der Waals surface area contributed by atoms with Gasteiger partial charge in [0.2, 0.25) is 21.8 Å². The van der Waals surface area contributed by atoms with Crippen LogP contribution in [0.3, 0.4) is 0 Å². The summed E-state index contributed by atoms with van der Waals surface area (Å²) in [6.07, 6.45) is 1.20. The molecule has 3 aromatic rings. The third-order valence-corrected chi connectivity index (χ3v) is 7.64. The lowest BCUT2D eigenvalue weighted by Crippen LogP contribution is -2.54. The van der Waals surface area contributed by atoms with Gasteiger partial charge in [-0.05, 0) is 61.7 Å². The highest BCUT2D eigenvalue weighted by atomic mass is 35.5. The lowest BCUT2D eigenvalue weighted by atomic mass is 10.0. The molecule has 0 saturated heterocycles. The van der Waals surface area contributed by atoms with E-state index in [0.717, 1.165) is 21.7 Å². The first kappa shape index (κ1) is 30.1. The molecule has 1 N–H and O–H groups in total. The maximum atomic E-state index is 14.0. The van der Waals surface area contributed by atoms with Crippen LogP contribution in [0.15, 0.2) is 72.8 Å². The fraction of sp³-hybridized carbons (Fsp3) is 0.310. The van der Waals surface area contributed by atoms with E-state index in [1.807, 2.05) is 44.2 Å². The van der Waals surface area contributed by atoms with Gasteiger partial charge < -0.3 is 10.2 Å². The maximum absolute atomic E-state index is 14.0. The van der Waals surface area contributed by atoms with Crippen LogP contribution in [-0.4, -0.2) is 50.0 Å². The van der Waals surface area contributed by atoms with Crippen molar-refractivity contribution in [2.45, 2.75) is 45.8 Å². The van der Waals surface area contributed by atoms with Gasteiger partial charge in [-0.2, -0.15) is 0 Å². The van der Waals surface area contributed by atoms with E-state index in [4.69, 9.17) is 11.6 Å². The molecule has 0 aromatic heterocycles. The second-order valence-electron chi connectivity index (χ2n) is 9.72. The smallest absolute Gasteiger partial charge is 0.244 e. The van der Waals surface area contributed by atoms with Crippen LogP contribution in [0.4, 0.5) is 10.1 Å². The number of carbonyl (C=O) groups is 2. The Morgan fingerprint density at radius 1 is 0.974 bits per heavy atom. The molecule has 0 unspecified atom stereocenters. The number of carbonyl (C=O) groups excluding carboxylic acids is 2. The van der Waals surface area contributed by atoms with Gasteiger partial charge in [0.25, 0.3) is 0 Å². The van der Waals surface area contributed by atoms with Gasteiger partial charge in [-0.1, -0.05) is 60.1 Å². The standard InChI is InChI=1S/C29H33ClFN3O4S/c1-20(2)32-29(36)27(16-22-8-6-5-7-9-22)33(18-23-11-13-24(31)14-12-23)28(35)19-34(39(4,37)38)25-15-10-21(3)26(30)17-25/h5-15,17,20,27H,16,18-19H2,1-4H3,(H,32,36)/t27-/m1/s1. The van der Waals surface area contributed by atoms with Gasteiger partial charge >= 0.3 is 0 Å². The summed E-state index contributed by atoms with van der Waals surface area (Å²) in [6.45, 7) is 4.83. The van der Waals surface area contributed by atoms with Crippen LogP contribution >= 0.6 is 11.6 Å². The quantitative estimate of drug-likeness (QED) is 0.360. The summed E-state index contributed by atoms with van der Waals surface area (Å²) < 4.78 is 40.2. The number of hydrogen-bond acceptors (Lipinski definition) is 4. The van der Waals surface area contributed by atoms with E-state index in [0.29, 0.717) is 10.6 Å². The van der Waals surface area contributed by atoms with Crippen molar-refractivity contribution >= 4 is 39.1 Å². The summed E-state index contributed by atoms with van der Waals surface area (Å²) in [5.41, 5.74) is 2.40. The van der Waals surface area contributed by atoms with Crippen LogP contribution in [0.25, 0.3) is 0 Å². The van der Waals surface area contributed by atoms with Gasteiger partial charge in [0.05, 0.1) is 11.9 Å². The van der Waals surface area contributed by atoms with Crippen molar-refractivity contribution < 1.29 is 22.4 Å². The van der Waals surface area contributed by atoms with E-state index in [1.54, 1.807) is 19.1 Å². The van der Waals surface area contributed by atoms with E-state index in [2.05, 4.69) is 5.32 Å². The summed E-state index contributed by atoms with van der Waals surface area (Å²) in [6, 6.07) is 18.4. The molecule has 7 nitrogen and oxygen atoms in total. The number of nitrogens with one attached hydrogen (secondary N) is 1. The number of halogens is 2. The minimum absolute atomic E-state index is 0.0333. The number of anilines is 1. The second-order valence-corrected chi connectivity index (χ2v) is 12.0. The largest absolute Gasteiger partial charge is 0.352 e. The van der Waals surface area contributed by atoms with E-state index < -0.39 is 34.3 Å². The summed E-state index contributed by atoms with van der Waals surface area (Å²) in [5.74, 6) is -1.41. The van der Waals surface area contributed by atoms with E-state index in [9.17, 15) is 22.4 Å². The lowest BCUT2D eigenvalue weighted by Gasteiger charge is -2.34. The first-order valence-electron chi connectivity index (χ1n) is 12.5. The van der Waals surface area contributed by atoms with Crippen molar-refractivity contribution in [3.63, 3.8) is 0 Å². The third-order valence-electron chi connectivity index (χ3n) is 6.09. The summed E-state index contributed by atoms with van der Waals surface area (Å²) in [4.78, 5) is 28.8. The van der Waals surface area contributed by atoms with Crippen LogP contribution in [0, 0.1) is 12.7 Å². The van der Waals surface area contributed by atoms with Crippen molar-refractivity contribution in [1.82, 2.24) is 10.2 Å². The number of rotatable bonds is 11. The number of sulfonamides is 1. The molecule has 10 heteroatoms. The Bertz CT molecular complexity index is 1400. The molecule has 0 radical (unpaired) electrons. The lowest BCUT2D eigenvalue weighted by molar-refractivity contribution is -0.140. The van der Waals surface area contributed by atoms with Crippen LogP contribution in [0.1, 0.15) is 30.5 Å². The molecule has 3 aromatic carbocycles. The Labute approximate surface area is 234 Å². The number of benzene rings is 3. The fourth-order valence-electron chi connectivity index (χ4n) is 4.07. The first-order valence-corrected chi connectivity index (χ1v) is 14.7. The normalized spacial score (nSPS) is 12.2. The highest BCUT2D eigenvalue weighted by Gasteiger charge is 2.33. The molecule has 2 amide bonds. The van der Waals surface area contributed by atoms with Crippen LogP contribution < -0.4 is 9.62 Å². The highest BCUT2D eigenvalue weighted by Crippen LogP contribution is 2.25. The SMILES string of the molecule is Cc1ccc(N(CC(=O)N(Cc2ccc(F)cc2)[C@H](Cc2ccccc2)C(=O)NC(C)C)S(C)(=O)=O)cc1Cl. The molecule has 0 bridgehead atoms. The predicted octanol–water partition coefficient (Wildman–Crippen LogP) is 4.72. The second kappa shape index (κ2) is 13.1. The Balaban J connectivity index is 2.06. The molecule has 0 saturated carbocycles. The van der Waals surface area contributed by atoms with Crippen LogP contribution in [-0.2, 0) is 32.6 Å². The third kappa shape index (κ3) is 8.53. The Hall–Kier alpha value is -3.43. The topological polar surface area (TPSA) is 86.8 Å². The van der Waals surface area contributed by atoms with Crippen LogP contribution in [0.2, 0.25) is 5.02 Å². The summed E-state index contributed by atoms with van der Waals surface area (Å²) in [7, 11) is -3.90. The number of nitrogens with zero attached hydrogens (tertiary/aromatic N) is 2. The van der Waals surface area contributed by atoms with Gasteiger partial charge in [0.15, 0.2) is 0 Å². The molecule has 0 aliphatic heterocycles. The summed E-state index contributed by atoms with van der Waals surface area (Å²) in [5, 5.41) is 3.24. The minimum atomic E-state index is -3.90. The Morgan fingerprint density at radius 3 is 2.18 bits per heavy atom. The molecular weight excluding hydrogens is 541 g/mol. The molecule has 208 valence electrons. The number of hydrogen-bond donors (Lipinski definition) is 1. The molecule has 0 heterocycles. The molecule has 1 atom stereocenters. The van der Waals surface area contributed by atoms with Crippen molar-refractivity contribution in [1.29, 1.82) is 0 Å². The fourth-order valence-corrected chi connectivity index (χ4v) is 5.09. The molecule has 0 aliphatic carbocycles. The van der Waals surface area contributed by atoms with Gasteiger partial charge in [-0.25, -0.2) is 12.8 Å². The number of aryl methyl sites for hydroxylation is 1. The van der Waals surface area contributed by atoms with Gasteiger partial charge in [-0.3, -0.25) is 13.9 Å². The molecular formula is C29H33ClFN3O4S. The van der Waals surface area contributed by atoms with Crippen molar-refractivity contribution in [2.24, 2.45) is 0 Å².